The molecule has 2 rings (SSSR count). The third-order valence-electron chi connectivity index (χ3n) is 3.13. The van der Waals surface area contributed by atoms with Crippen molar-refractivity contribution in [3.8, 4) is 0 Å². The summed E-state index contributed by atoms with van der Waals surface area (Å²) in [5.74, 6) is 0.220. The van der Waals surface area contributed by atoms with Gasteiger partial charge in [-0.3, -0.25) is 4.79 Å². The Hall–Kier alpha value is -1.16. The molecule has 0 atom stereocenters. The predicted molar refractivity (Wildman–Crippen MR) is 91.7 cm³/mol. The molecule has 0 fully saturated rings. The van der Waals surface area contributed by atoms with Gasteiger partial charge in [0.1, 0.15) is 0 Å². The van der Waals surface area contributed by atoms with Crippen molar-refractivity contribution < 1.29 is 4.79 Å². The predicted octanol–water partition coefficient (Wildman–Crippen LogP) is 5.34. The summed E-state index contributed by atoms with van der Waals surface area (Å²) in [7, 11) is 0. The molecule has 0 spiro atoms. The standard InChI is InChI=1S/C16H15Cl2NOS/c1-10-4-3-5-14(11(10)2)19-16(20)9-21-15-8-12(17)6-7-13(15)18/h3-8H,9H2,1-2H3,(H,19,20). The van der Waals surface area contributed by atoms with Gasteiger partial charge >= 0.3 is 0 Å². The molecule has 0 aliphatic heterocycles. The van der Waals surface area contributed by atoms with Gasteiger partial charge < -0.3 is 5.32 Å². The third-order valence-corrected chi connectivity index (χ3v) is 4.86. The number of rotatable bonds is 4. The lowest BCUT2D eigenvalue weighted by molar-refractivity contribution is -0.113. The van der Waals surface area contributed by atoms with Crippen molar-refractivity contribution in [2.75, 3.05) is 11.1 Å². The molecule has 1 amide bonds. The van der Waals surface area contributed by atoms with Crippen LogP contribution in [0.2, 0.25) is 10.0 Å². The van der Waals surface area contributed by atoms with E-state index in [4.69, 9.17) is 23.2 Å². The lowest BCUT2D eigenvalue weighted by Gasteiger charge is -2.10. The zero-order valence-corrected chi connectivity index (χ0v) is 14.1. The molecule has 0 radical (unpaired) electrons. The summed E-state index contributed by atoms with van der Waals surface area (Å²) in [6, 6.07) is 11.1. The highest BCUT2D eigenvalue weighted by molar-refractivity contribution is 8.00. The van der Waals surface area contributed by atoms with Gasteiger partial charge in [-0.1, -0.05) is 35.3 Å². The first kappa shape index (κ1) is 16.2. The van der Waals surface area contributed by atoms with Crippen molar-refractivity contribution in [3.05, 3.63) is 57.6 Å². The number of aryl methyl sites for hydroxylation is 1. The van der Waals surface area contributed by atoms with Gasteiger partial charge in [0.05, 0.1) is 10.8 Å². The fraction of sp³-hybridized carbons (Fsp3) is 0.188. The molecule has 0 unspecified atom stereocenters. The molecule has 110 valence electrons. The Kier molecular flexibility index (Phi) is 5.57. The van der Waals surface area contributed by atoms with Crippen LogP contribution in [0.3, 0.4) is 0 Å². The highest BCUT2D eigenvalue weighted by atomic mass is 35.5. The molecule has 2 aromatic carbocycles. The SMILES string of the molecule is Cc1cccc(NC(=O)CSc2cc(Cl)ccc2Cl)c1C. The summed E-state index contributed by atoms with van der Waals surface area (Å²) in [5.41, 5.74) is 3.08. The van der Waals surface area contributed by atoms with E-state index in [0.717, 1.165) is 21.7 Å². The number of carbonyl (C=O) groups excluding carboxylic acids is 1. The minimum Gasteiger partial charge on any atom is -0.325 e. The summed E-state index contributed by atoms with van der Waals surface area (Å²) in [6.45, 7) is 4.01. The molecule has 21 heavy (non-hydrogen) atoms. The van der Waals surface area contributed by atoms with Crippen LogP contribution in [0.4, 0.5) is 5.69 Å². The number of carbonyl (C=O) groups is 1. The molecule has 0 aliphatic rings. The van der Waals surface area contributed by atoms with Crippen LogP contribution in [0.1, 0.15) is 11.1 Å². The number of hydrogen-bond donors (Lipinski definition) is 1. The maximum absolute atomic E-state index is 12.0. The fourth-order valence-corrected chi connectivity index (χ4v) is 3.10. The first-order chi connectivity index (χ1) is 9.97. The highest BCUT2D eigenvalue weighted by Gasteiger charge is 2.09. The molecular formula is C16H15Cl2NOS. The Morgan fingerprint density at radius 2 is 1.95 bits per heavy atom. The van der Waals surface area contributed by atoms with Crippen LogP contribution in [0.5, 0.6) is 0 Å². The minimum atomic E-state index is -0.0651. The monoisotopic (exact) mass is 339 g/mol. The topological polar surface area (TPSA) is 29.1 Å². The second-order valence-electron chi connectivity index (χ2n) is 4.66. The first-order valence-electron chi connectivity index (χ1n) is 6.41. The van der Waals surface area contributed by atoms with Gasteiger partial charge in [0.2, 0.25) is 5.91 Å². The van der Waals surface area contributed by atoms with Crippen LogP contribution < -0.4 is 5.32 Å². The van der Waals surface area contributed by atoms with Crippen molar-refractivity contribution in [1.82, 2.24) is 0 Å². The van der Waals surface area contributed by atoms with E-state index in [0.29, 0.717) is 10.0 Å². The third kappa shape index (κ3) is 4.40. The van der Waals surface area contributed by atoms with Crippen LogP contribution in [0.15, 0.2) is 41.3 Å². The summed E-state index contributed by atoms with van der Waals surface area (Å²) < 4.78 is 0. The normalized spacial score (nSPS) is 10.5. The summed E-state index contributed by atoms with van der Waals surface area (Å²) in [4.78, 5) is 12.8. The molecular weight excluding hydrogens is 325 g/mol. The van der Waals surface area contributed by atoms with E-state index in [2.05, 4.69) is 5.32 Å². The zero-order chi connectivity index (χ0) is 15.4. The van der Waals surface area contributed by atoms with Crippen molar-refractivity contribution in [3.63, 3.8) is 0 Å². The van der Waals surface area contributed by atoms with Crippen molar-refractivity contribution in [2.24, 2.45) is 0 Å². The van der Waals surface area contributed by atoms with E-state index in [1.165, 1.54) is 11.8 Å². The Balaban J connectivity index is 1.99. The molecule has 0 bridgehead atoms. The number of halogens is 2. The van der Waals surface area contributed by atoms with Crippen LogP contribution in [-0.2, 0) is 4.79 Å². The van der Waals surface area contributed by atoms with Gasteiger partial charge in [0.15, 0.2) is 0 Å². The van der Waals surface area contributed by atoms with Crippen molar-refractivity contribution in [2.45, 2.75) is 18.7 Å². The molecule has 0 aliphatic carbocycles. The molecule has 1 N–H and O–H groups in total. The summed E-state index contributed by atoms with van der Waals surface area (Å²) >= 11 is 13.4. The Morgan fingerprint density at radius 3 is 2.71 bits per heavy atom. The van der Waals surface area contributed by atoms with Gasteiger partial charge in [-0.25, -0.2) is 0 Å². The Bertz CT molecular complexity index is 673. The van der Waals surface area contributed by atoms with Gasteiger partial charge in [0, 0.05) is 15.6 Å². The van der Waals surface area contributed by atoms with Gasteiger partial charge in [0.25, 0.3) is 0 Å². The molecule has 2 aromatic rings. The number of amides is 1. The molecule has 0 aromatic heterocycles. The smallest absolute Gasteiger partial charge is 0.234 e. The number of anilines is 1. The highest BCUT2D eigenvalue weighted by Crippen LogP contribution is 2.30. The minimum absolute atomic E-state index is 0.0651. The molecule has 5 heteroatoms. The first-order valence-corrected chi connectivity index (χ1v) is 8.15. The van der Waals surface area contributed by atoms with E-state index in [1.54, 1.807) is 18.2 Å². The number of benzene rings is 2. The van der Waals surface area contributed by atoms with E-state index >= 15 is 0 Å². The lowest BCUT2D eigenvalue weighted by atomic mass is 10.1. The largest absolute Gasteiger partial charge is 0.325 e. The van der Waals surface area contributed by atoms with E-state index in [9.17, 15) is 4.79 Å². The van der Waals surface area contributed by atoms with Crippen molar-refractivity contribution >= 4 is 46.6 Å². The van der Waals surface area contributed by atoms with Gasteiger partial charge in [-0.15, -0.1) is 11.8 Å². The van der Waals surface area contributed by atoms with Crippen LogP contribution in [-0.4, -0.2) is 11.7 Å². The maximum Gasteiger partial charge on any atom is 0.234 e. The van der Waals surface area contributed by atoms with Crippen molar-refractivity contribution in [1.29, 1.82) is 0 Å². The Labute approximate surface area is 138 Å². The number of nitrogens with one attached hydrogen (secondary N) is 1. The van der Waals surface area contributed by atoms with Gasteiger partial charge in [-0.05, 0) is 49.2 Å². The second-order valence-corrected chi connectivity index (χ2v) is 6.52. The van der Waals surface area contributed by atoms with E-state index in [-0.39, 0.29) is 11.7 Å². The van der Waals surface area contributed by atoms with Crippen LogP contribution >= 0.6 is 35.0 Å². The molecule has 0 saturated carbocycles. The summed E-state index contributed by atoms with van der Waals surface area (Å²) in [5, 5.41) is 4.13. The fourth-order valence-electron chi connectivity index (χ4n) is 1.80. The molecule has 0 heterocycles. The number of hydrogen-bond acceptors (Lipinski definition) is 2. The Morgan fingerprint density at radius 1 is 1.19 bits per heavy atom. The lowest BCUT2D eigenvalue weighted by Crippen LogP contribution is -2.15. The number of thioether (sulfide) groups is 1. The van der Waals surface area contributed by atoms with Gasteiger partial charge in [-0.2, -0.15) is 0 Å². The zero-order valence-electron chi connectivity index (χ0n) is 11.7. The maximum atomic E-state index is 12.0. The average Bonchev–Trinajstić information content (AvgIpc) is 2.45. The van der Waals surface area contributed by atoms with Crippen LogP contribution in [0, 0.1) is 13.8 Å². The quantitative estimate of drug-likeness (QED) is 0.761. The van der Waals surface area contributed by atoms with E-state index in [1.807, 2.05) is 32.0 Å². The second kappa shape index (κ2) is 7.21. The van der Waals surface area contributed by atoms with Crippen LogP contribution in [0.25, 0.3) is 0 Å². The van der Waals surface area contributed by atoms with E-state index < -0.39 is 0 Å². The average molecular weight is 340 g/mol. The summed E-state index contributed by atoms with van der Waals surface area (Å²) in [6.07, 6.45) is 0. The molecule has 2 nitrogen and oxygen atoms in total. The molecule has 0 saturated heterocycles.